The number of sulfonamides is 1. The van der Waals surface area contributed by atoms with E-state index in [1.807, 2.05) is 13.0 Å². The van der Waals surface area contributed by atoms with Gasteiger partial charge in [-0.2, -0.15) is 4.31 Å². The molecule has 0 aromatic heterocycles. The van der Waals surface area contributed by atoms with Gasteiger partial charge in [0, 0.05) is 19.6 Å². The van der Waals surface area contributed by atoms with E-state index in [1.54, 1.807) is 19.2 Å². The average molecular weight is 311 g/mol. The zero-order valence-electron chi connectivity index (χ0n) is 13.0. The Morgan fingerprint density at radius 2 is 1.95 bits per heavy atom. The Kier molecular flexibility index (Phi) is 5.03. The molecule has 1 aromatic carbocycles. The Bertz CT molecular complexity index is 593. The molecule has 118 valence electrons. The van der Waals surface area contributed by atoms with Crippen LogP contribution >= 0.6 is 0 Å². The maximum atomic E-state index is 12.8. The molecule has 0 bridgehead atoms. The molecule has 21 heavy (non-hydrogen) atoms. The number of likely N-dealkylation sites (tertiary alicyclic amines) is 1. The summed E-state index contributed by atoms with van der Waals surface area (Å²) in [6.45, 7) is 4.17. The Morgan fingerprint density at radius 1 is 1.33 bits per heavy atom. The first-order valence-electron chi connectivity index (χ1n) is 7.32. The molecule has 0 atom stereocenters. The van der Waals surface area contributed by atoms with E-state index in [4.69, 9.17) is 5.73 Å². The minimum absolute atomic E-state index is 0.0776. The lowest BCUT2D eigenvalue weighted by atomic mass is 10.1. The van der Waals surface area contributed by atoms with Gasteiger partial charge >= 0.3 is 0 Å². The molecule has 0 radical (unpaired) electrons. The second-order valence-corrected chi connectivity index (χ2v) is 7.85. The highest BCUT2D eigenvalue weighted by Crippen LogP contribution is 2.23. The first-order chi connectivity index (χ1) is 9.86. The normalized spacial score (nSPS) is 18.3. The fourth-order valence-electron chi connectivity index (χ4n) is 2.75. The van der Waals surface area contributed by atoms with E-state index in [0.717, 1.165) is 37.1 Å². The van der Waals surface area contributed by atoms with Gasteiger partial charge in [0.2, 0.25) is 10.0 Å². The largest absolute Gasteiger partial charge is 0.326 e. The standard InChI is InChI=1S/C15H25N3O2S/c1-12-4-5-15(10-13(12)11-16)21(19,20)18(3)14-6-8-17(2)9-7-14/h4-5,10,14H,6-9,11,16H2,1-3H3. The fraction of sp³-hybridized carbons (Fsp3) is 0.600. The van der Waals surface area contributed by atoms with Crippen LogP contribution in [-0.4, -0.2) is 50.8 Å². The lowest BCUT2D eigenvalue weighted by Gasteiger charge is -2.34. The lowest BCUT2D eigenvalue weighted by Crippen LogP contribution is -2.44. The summed E-state index contributed by atoms with van der Waals surface area (Å²) < 4.78 is 27.1. The van der Waals surface area contributed by atoms with Gasteiger partial charge in [-0.05, 0) is 63.2 Å². The van der Waals surface area contributed by atoms with Gasteiger partial charge in [0.05, 0.1) is 4.90 Å². The van der Waals surface area contributed by atoms with Crippen molar-refractivity contribution in [2.75, 3.05) is 27.2 Å². The van der Waals surface area contributed by atoms with Crippen LogP contribution in [-0.2, 0) is 16.6 Å². The molecular formula is C15H25N3O2S. The molecule has 6 heteroatoms. The molecular weight excluding hydrogens is 286 g/mol. The van der Waals surface area contributed by atoms with Crippen LogP contribution in [0.4, 0.5) is 0 Å². The van der Waals surface area contributed by atoms with Gasteiger partial charge in [0.1, 0.15) is 0 Å². The maximum absolute atomic E-state index is 12.8. The third-order valence-electron chi connectivity index (χ3n) is 4.42. The summed E-state index contributed by atoms with van der Waals surface area (Å²) >= 11 is 0. The summed E-state index contributed by atoms with van der Waals surface area (Å²) in [6.07, 6.45) is 1.75. The van der Waals surface area contributed by atoms with Crippen LogP contribution in [0.15, 0.2) is 23.1 Å². The van der Waals surface area contributed by atoms with Crippen LogP contribution in [0.5, 0.6) is 0 Å². The van der Waals surface area contributed by atoms with Crippen LogP contribution in [0.3, 0.4) is 0 Å². The third kappa shape index (κ3) is 3.45. The smallest absolute Gasteiger partial charge is 0.243 e. The van der Waals surface area contributed by atoms with Crippen molar-refractivity contribution < 1.29 is 8.42 Å². The molecule has 2 rings (SSSR count). The second kappa shape index (κ2) is 6.44. The van der Waals surface area contributed by atoms with Crippen LogP contribution in [0.1, 0.15) is 24.0 Å². The first kappa shape index (κ1) is 16.4. The number of aryl methyl sites for hydroxylation is 1. The van der Waals surface area contributed by atoms with E-state index in [9.17, 15) is 8.42 Å². The summed E-state index contributed by atoms with van der Waals surface area (Å²) in [4.78, 5) is 2.57. The lowest BCUT2D eigenvalue weighted by molar-refractivity contribution is 0.197. The SMILES string of the molecule is Cc1ccc(S(=O)(=O)N(C)C2CCN(C)CC2)cc1CN. The summed E-state index contributed by atoms with van der Waals surface area (Å²) in [5.41, 5.74) is 7.59. The molecule has 1 aromatic rings. The molecule has 1 saturated heterocycles. The maximum Gasteiger partial charge on any atom is 0.243 e. The monoisotopic (exact) mass is 311 g/mol. The molecule has 0 spiro atoms. The van der Waals surface area contributed by atoms with Crippen molar-refractivity contribution in [3.8, 4) is 0 Å². The minimum atomic E-state index is -3.45. The number of rotatable bonds is 4. The van der Waals surface area contributed by atoms with Crippen molar-refractivity contribution in [1.29, 1.82) is 0 Å². The number of piperidine rings is 1. The van der Waals surface area contributed by atoms with Crippen LogP contribution in [0.25, 0.3) is 0 Å². The quantitative estimate of drug-likeness (QED) is 0.906. The zero-order valence-corrected chi connectivity index (χ0v) is 13.9. The van der Waals surface area contributed by atoms with Gasteiger partial charge in [0.15, 0.2) is 0 Å². The number of hydrogen-bond donors (Lipinski definition) is 1. The van der Waals surface area contributed by atoms with Crippen molar-refractivity contribution in [3.05, 3.63) is 29.3 Å². The molecule has 0 saturated carbocycles. The number of nitrogens with two attached hydrogens (primary N) is 1. The molecule has 1 aliphatic rings. The summed E-state index contributed by atoms with van der Waals surface area (Å²) in [5.74, 6) is 0. The van der Waals surface area contributed by atoms with E-state index in [1.165, 1.54) is 4.31 Å². The van der Waals surface area contributed by atoms with Gasteiger partial charge in [-0.15, -0.1) is 0 Å². The van der Waals surface area contributed by atoms with Gasteiger partial charge < -0.3 is 10.6 Å². The van der Waals surface area contributed by atoms with Crippen molar-refractivity contribution in [1.82, 2.24) is 9.21 Å². The predicted molar refractivity (Wildman–Crippen MR) is 84.5 cm³/mol. The summed E-state index contributed by atoms with van der Waals surface area (Å²) in [5, 5.41) is 0. The van der Waals surface area contributed by atoms with Crippen molar-refractivity contribution in [2.45, 2.75) is 37.2 Å². The zero-order chi connectivity index (χ0) is 15.6. The third-order valence-corrected chi connectivity index (χ3v) is 6.33. The highest BCUT2D eigenvalue weighted by Gasteiger charge is 2.30. The Morgan fingerprint density at radius 3 is 2.52 bits per heavy atom. The Balaban J connectivity index is 2.24. The molecule has 1 aliphatic heterocycles. The summed E-state index contributed by atoms with van der Waals surface area (Å²) in [6, 6.07) is 5.29. The molecule has 1 heterocycles. The van der Waals surface area contributed by atoms with Crippen LogP contribution in [0.2, 0.25) is 0 Å². The predicted octanol–water partition coefficient (Wildman–Crippen LogP) is 1.17. The van der Waals surface area contributed by atoms with Crippen LogP contribution < -0.4 is 5.73 Å². The van der Waals surface area contributed by atoms with Gasteiger partial charge in [-0.1, -0.05) is 6.07 Å². The van der Waals surface area contributed by atoms with E-state index in [2.05, 4.69) is 11.9 Å². The van der Waals surface area contributed by atoms with E-state index >= 15 is 0 Å². The van der Waals surface area contributed by atoms with Gasteiger partial charge in [-0.25, -0.2) is 8.42 Å². The molecule has 5 nitrogen and oxygen atoms in total. The summed E-state index contributed by atoms with van der Waals surface area (Å²) in [7, 11) is 0.309. The Labute approximate surface area is 127 Å². The van der Waals surface area contributed by atoms with Crippen molar-refractivity contribution in [2.24, 2.45) is 5.73 Å². The molecule has 0 unspecified atom stereocenters. The highest BCUT2D eigenvalue weighted by molar-refractivity contribution is 7.89. The first-order valence-corrected chi connectivity index (χ1v) is 8.76. The molecule has 0 aliphatic carbocycles. The second-order valence-electron chi connectivity index (χ2n) is 5.85. The highest BCUT2D eigenvalue weighted by atomic mass is 32.2. The van der Waals surface area contributed by atoms with E-state index < -0.39 is 10.0 Å². The average Bonchev–Trinajstić information content (AvgIpc) is 2.47. The van der Waals surface area contributed by atoms with Crippen molar-refractivity contribution >= 4 is 10.0 Å². The minimum Gasteiger partial charge on any atom is -0.326 e. The molecule has 1 fully saturated rings. The number of nitrogens with zero attached hydrogens (tertiary/aromatic N) is 2. The fourth-order valence-corrected chi connectivity index (χ4v) is 4.22. The topological polar surface area (TPSA) is 66.6 Å². The number of hydrogen-bond acceptors (Lipinski definition) is 4. The Hall–Kier alpha value is -0.950. The van der Waals surface area contributed by atoms with Crippen LogP contribution in [0, 0.1) is 6.92 Å². The molecule has 2 N–H and O–H groups in total. The van der Waals surface area contributed by atoms with E-state index in [-0.39, 0.29) is 6.04 Å². The van der Waals surface area contributed by atoms with E-state index in [0.29, 0.717) is 11.4 Å². The van der Waals surface area contributed by atoms with Gasteiger partial charge in [-0.3, -0.25) is 0 Å². The van der Waals surface area contributed by atoms with Gasteiger partial charge in [0.25, 0.3) is 0 Å². The van der Waals surface area contributed by atoms with Crippen molar-refractivity contribution in [3.63, 3.8) is 0 Å². The molecule has 0 amide bonds. The number of benzene rings is 1.